The molecular weight excluding hydrogens is 414 g/mol. The van der Waals surface area contributed by atoms with Crippen molar-refractivity contribution in [1.29, 1.82) is 0 Å². The molecule has 0 fully saturated rings. The van der Waals surface area contributed by atoms with Crippen LogP contribution in [0.3, 0.4) is 0 Å². The first-order valence-corrected chi connectivity index (χ1v) is 12.3. The molecule has 30 heavy (non-hydrogen) atoms. The quantitative estimate of drug-likeness (QED) is 0.319. The fourth-order valence-electron chi connectivity index (χ4n) is 2.69. The second-order valence-electron chi connectivity index (χ2n) is 6.82. The highest BCUT2D eigenvalue weighted by Crippen LogP contribution is 2.23. The number of hydrogen-bond donors (Lipinski definition) is 0. The number of hydrogen-bond acceptors (Lipinski definition) is 6. The summed E-state index contributed by atoms with van der Waals surface area (Å²) in [5.74, 6) is -2.96. The Morgan fingerprint density at radius 3 is 1.77 bits per heavy atom. The van der Waals surface area contributed by atoms with Gasteiger partial charge < -0.3 is 13.3 Å². The van der Waals surface area contributed by atoms with Gasteiger partial charge in [0.1, 0.15) is 11.6 Å². The Morgan fingerprint density at radius 1 is 0.800 bits per heavy atom. The van der Waals surface area contributed by atoms with Crippen LogP contribution < -0.4 is 0 Å². The summed E-state index contributed by atoms with van der Waals surface area (Å²) in [4.78, 5) is 35.6. The molecule has 0 amide bonds. The van der Waals surface area contributed by atoms with Gasteiger partial charge in [-0.1, -0.05) is 39.7 Å². The highest BCUT2D eigenvalue weighted by molar-refractivity contribution is 6.65. The van der Waals surface area contributed by atoms with Crippen LogP contribution in [0.4, 0.5) is 8.78 Å². The van der Waals surface area contributed by atoms with E-state index in [4.69, 9.17) is 13.3 Å². The Morgan fingerprint density at radius 2 is 1.30 bits per heavy atom. The maximum Gasteiger partial charge on any atom is 0.705 e. The molecule has 0 aliphatic carbocycles. The summed E-state index contributed by atoms with van der Waals surface area (Å²) >= 11 is 0. The van der Waals surface area contributed by atoms with Crippen LogP contribution in [-0.2, 0) is 34.1 Å². The van der Waals surface area contributed by atoms with E-state index in [0.717, 1.165) is 12.5 Å². The Balaban J connectivity index is 2.66. The molecule has 0 bridgehead atoms. The predicted molar refractivity (Wildman–Crippen MR) is 108 cm³/mol. The Bertz CT molecular complexity index is 680. The third kappa shape index (κ3) is 9.02. The number of carbonyl (C=O) groups excluding carboxylic acids is 3. The summed E-state index contributed by atoms with van der Waals surface area (Å²) in [6, 6.07) is 3.66. The van der Waals surface area contributed by atoms with Crippen molar-refractivity contribution in [3.05, 3.63) is 35.4 Å². The number of halogens is 2. The van der Waals surface area contributed by atoms with Gasteiger partial charge in [0.15, 0.2) is 0 Å². The fourth-order valence-corrected chi connectivity index (χ4v) is 5.28. The van der Waals surface area contributed by atoms with Gasteiger partial charge in [-0.2, -0.15) is 0 Å². The summed E-state index contributed by atoms with van der Waals surface area (Å²) in [5.41, 5.74) is 0.450. The standard InChI is InChI=1S/C21H30F2O6Si/c1-4-19(24)27-30(28-20(25)5-2,29-21(26)6-3)14-10-8-7-9-11-16-12-13-17(22)15-18(16)23/h12-13,15H,4-11,14H2,1-3H3. The van der Waals surface area contributed by atoms with Gasteiger partial charge in [0, 0.05) is 25.3 Å². The molecule has 0 radical (unpaired) electrons. The van der Waals surface area contributed by atoms with Crippen molar-refractivity contribution in [2.75, 3.05) is 0 Å². The van der Waals surface area contributed by atoms with Crippen LogP contribution in [0.15, 0.2) is 18.2 Å². The zero-order valence-corrected chi connectivity index (χ0v) is 18.8. The van der Waals surface area contributed by atoms with Crippen molar-refractivity contribution in [1.82, 2.24) is 0 Å². The second kappa shape index (κ2) is 13.1. The zero-order chi connectivity index (χ0) is 22.6. The van der Waals surface area contributed by atoms with E-state index in [2.05, 4.69) is 0 Å². The van der Waals surface area contributed by atoms with Crippen molar-refractivity contribution in [3.8, 4) is 0 Å². The molecule has 1 aromatic carbocycles. The maximum absolute atomic E-state index is 13.7. The molecule has 1 aromatic rings. The molecule has 0 saturated carbocycles. The normalized spacial score (nSPS) is 11.1. The van der Waals surface area contributed by atoms with Gasteiger partial charge >= 0.3 is 8.80 Å². The largest absolute Gasteiger partial charge is 0.705 e. The van der Waals surface area contributed by atoms with E-state index in [0.29, 0.717) is 31.2 Å². The lowest BCUT2D eigenvalue weighted by molar-refractivity contribution is -0.150. The second-order valence-corrected chi connectivity index (χ2v) is 9.29. The van der Waals surface area contributed by atoms with Crippen LogP contribution in [-0.4, -0.2) is 26.7 Å². The first kappa shape index (κ1) is 25.7. The van der Waals surface area contributed by atoms with Gasteiger partial charge in [0.2, 0.25) is 0 Å². The van der Waals surface area contributed by atoms with Gasteiger partial charge in [-0.25, -0.2) is 8.78 Å². The van der Waals surface area contributed by atoms with Crippen molar-refractivity contribution in [2.24, 2.45) is 0 Å². The molecule has 0 heterocycles. The number of benzene rings is 1. The minimum atomic E-state index is -3.84. The van der Waals surface area contributed by atoms with Crippen molar-refractivity contribution < 1.29 is 36.4 Å². The molecule has 0 atom stereocenters. The maximum atomic E-state index is 13.7. The van der Waals surface area contributed by atoms with Gasteiger partial charge in [-0.15, -0.1) is 0 Å². The summed E-state index contributed by atoms with van der Waals surface area (Å²) in [6.45, 7) is 4.79. The van der Waals surface area contributed by atoms with Crippen LogP contribution >= 0.6 is 0 Å². The number of unbranched alkanes of at least 4 members (excludes halogenated alkanes) is 3. The average molecular weight is 445 g/mol. The third-order valence-electron chi connectivity index (χ3n) is 4.37. The van der Waals surface area contributed by atoms with Crippen LogP contribution in [0.25, 0.3) is 0 Å². The van der Waals surface area contributed by atoms with E-state index in [9.17, 15) is 23.2 Å². The summed E-state index contributed by atoms with van der Waals surface area (Å²) in [5, 5.41) is 0. The first-order valence-electron chi connectivity index (χ1n) is 10.3. The Hall–Kier alpha value is -2.29. The predicted octanol–water partition coefficient (Wildman–Crippen LogP) is 4.87. The van der Waals surface area contributed by atoms with E-state index in [1.165, 1.54) is 12.1 Å². The number of carbonyl (C=O) groups is 3. The van der Waals surface area contributed by atoms with Crippen molar-refractivity contribution in [3.63, 3.8) is 0 Å². The van der Waals surface area contributed by atoms with Crippen LogP contribution in [0.5, 0.6) is 0 Å². The van der Waals surface area contributed by atoms with E-state index in [1.807, 2.05) is 0 Å². The van der Waals surface area contributed by atoms with E-state index < -0.39 is 38.3 Å². The molecule has 0 saturated heterocycles. The lowest BCUT2D eigenvalue weighted by Gasteiger charge is -2.27. The fraction of sp³-hybridized carbons (Fsp3) is 0.571. The van der Waals surface area contributed by atoms with Gasteiger partial charge in [0.05, 0.1) is 6.04 Å². The molecule has 9 heteroatoms. The minimum absolute atomic E-state index is 0.0608. The smallest absolute Gasteiger partial charge is 0.455 e. The lowest BCUT2D eigenvalue weighted by Crippen LogP contribution is -2.50. The first-order chi connectivity index (χ1) is 14.2. The third-order valence-corrected chi connectivity index (χ3v) is 6.95. The molecule has 0 spiro atoms. The molecule has 0 aliphatic rings. The number of aryl methyl sites for hydroxylation is 1. The molecule has 0 aliphatic heterocycles. The average Bonchev–Trinajstić information content (AvgIpc) is 2.71. The highest BCUT2D eigenvalue weighted by atomic mass is 28.4. The Labute approximate surface area is 177 Å². The van der Waals surface area contributed by atoms with Gasteiger partial charge in [0.25, 0.3) is 17.9 Å². The van der Waals surface area contributed by atoms with E-state index >= 15 is 0 Å². The summed E-state index contributed by atoms with van der Waals surface area (Å²) < 4.78 is 42.7. The monoisotopic (exact) mass is 444 g/mol. The van der Waals surface area contributed by atoms with E-state index in [-0.39, 0.29) is 25.3 Å². The van der Waals surface area contributed by atoms with Crippen molar-refractivity contribution in [2.45, 2.75) is 78.2 Å². The molecule has 0 N–H and O–H groups in total. The molecule has 168 valence electrons. The summed E-state index contributed by atoms with van der Waals surface area (Å²) in [7, 11) is -3.84. The topological polar surface area (TPSA) is 78.9 Å². The SMILES string of the molecule is CCC(=O)O[Si](CCCCCCc1ccc(F)cc1F)(OC(=O)CC)OC(=O)CC. The zero-order valence-electron chi connectivity index (χ0n) is 17.8. The molecule has 0 unspecified atom stereocenters. The van der Waals surface area contributed by atoms with Crippen LogP contribution in [0.1, 0.15) is 71.3 Å². The van der Waals surface area contributed by atoms with Crippen LogP contribution in [0.2, 0.25) is 6.04 Å². The number of rotatable bonds is 13. The van der Waals surface area contributed by atoms with Gasteiger partial charge in [-0.05, 0) is 30.9 Å². The van der Waals surface area contributed by atoms with Gasteiger partial charge in [-0.3, -0.25) is 14.4 Å². The molecule has 1 rings (SSSR count). The summed E-state index contributed by atoms with van der Waals surface area (Å²) in [6.07, 6.45) is 3.23. The van der Waals surface area contributed by atoms with Crippen molar-refractivity contribution >= 4 is 26.7 Å². The Kier molecular flexibility index (Phi) is 11.2. The molecule has 0 aromatic heterocycles. The highest BCUT2D eigenvalue weighted by Gasteiger charge is 2.52. The van der Waals surface area contributed by atoms with E-state index in [1.54, 1.807) is 20.8 Å². The minimum Gasteiger partial charge on any atom is -0.455 e. The molecule has 6 nitrogen and oxygen atoms in total. The van der Waals surface area contributed by atoms with Crippen LogP contribution in [0, 0.1) is 11.6 Å². The lowest BCUT2D eigenvalue weighted by atomic mass is 10.1. The molecular formula is C21H30F2O6Si.